The Bertz CT molecular complexity index is 582. The van der Waals surface area contributed by atoms with Gasteiger partial charge in [-0.3, -0.25) is 5.84 Å². The fourth-order valence-corrected chi connectivity index (χ4v) is 2.17. The van der Waals surface area contributed by atoms with Crippen LogP contribution < -0.4 is 20.7 Å². The maximum Gasteiger partial charge on any atom is 0.161 e. The highest BCUT2D eigenvalue weighted by atomic mass is 16.6. The second kappa shape index (κ2) is 4.91. The van der Waals surface area contributed by atoms with Crippen molar-refractivity contribution in [2.75, 3.05) is 13.2 Å². The van der Waals surface area contributed by atoms with Crippen molar-refractivity contribution >= 4 is 0 Å². The SMILES string of the molecule is Cn1cnc(C(NN)c2ccc3c(c2)OCCO3)c1. The molecule has 1 atom stereocenters. The van der Waals surface area contributed by atoms with Crippen LogP contribution in [-0.4, -0.2) is 22.8 Å². The van der Waals surface area contributed by atoms with E-state index >= 15 is 0 Å². The molecule has 19 heavy (non-hydrogen) atoms. The van der Waals surface area contributed by atoms with Crippen molar-refractivity contribution in [3.05, 3.63) is 42.0 Å². The molecule has 0 radical (unpaired) electrons. The number of aromatic nitrogens is 2. The van der Waals surface area contributed by atoms with Crippen LogP contribution in [0.15, 0.2) is 30.7 Å². The van der Waals surface area contributed by atoms with Crippen LogP contribution in [0.3, 0.4) is 0 Å². The van der Waals surface area contributed by atoms with Crippen molar-refractivity contribution in [2.24, 2.45) is 12.9 Å². The van der Waals surface area contributed by atoms with E-state index in [4.69, 9.17) is 15.3 Å². The molecule has 3 rings (SSSR count). The lowest BCUT2D eigenvalue weighted by molar-refractivity contribution is 0.171. The first kappa shape index (κ1) is 12.0. The Morgan fingerprint density at radius 2 is 2.11 bits per heavy atom. The van der Waals surface area contributed by atoms with Crippen LogP contribution in [0.4, 0.5) is 0 Å². The Labute approximate surface area is 111 Å². The Morgan fingerprint density at radius 1 is 1.32 bits per heavy atom. The number of rotatable bonds is 3. The fourth-order valence-electron chi connectivity index (χ4n) is 2.17. The van der Waals surface area contributed by atoms with Gasteiger partial charge >= 0.3 is 0 Å². The van der Waals surface area contributed by atoms with Gasteiger partial charge in [0, 0.05) is 13.2 Å². The summed E-state index contributed by atoms with van der Waals surface area (Å²) >= 11 is 0. The predicted octanol–water partition coefficient (Wildman–Crippen LogP) is 0.744. The van der Waals surface area contributed by atoms with Gasteiger partial charge in [-0.05, 0) is 17.7 Å². The average molecular weight is 260 g/mol. The number of hydrogen-bond donors (Lipinski definition) is 2. The number of hydrogen-bond acceptors (Lipinski definition) is 5. The van der Waals surface area contributed by atoms with Crippen LogP contribution in [0.1, 0.15) is 17.3 Å². The van der Waals surface area contributed by atoms with Gasteiger partial charge in [0.2, 0.25) is 0 Å². The number of nitrogens with one attached hydrogen (secondary N) is 1. The molecule has 0 saturated heterocycles. The summed E-state index contributed by atoms with van der Waals surface area (Å²) in [6.07, 6.45) is 3.68. The molecule has 1 aromatic carbocycles. The number of imidazole rings is 1. The zero-order valence-corrected chi connectivity index (χ0v) is 10.7. The summed E-state index contributed by atoms with van der Waals surface area (Å²) in [5, 5.41) is 0. The van der Waals surface area contributed by atoms with Crippen LogP contribution in [0, 0.1) is 0 Å². The van der Waals surface area contributed by atoms with E-state index in [9.17, 15) is 0 Å². The van der Waals surface area contributed by atoms with Crippen LogP contribution in [0.5, 0.6) is 11.5 Å². The zero-order chi connectivity index (χ0) is 13.2. The zero-order valence-electron chi connectivity index (χ0n) is 10.7. The standard InChI is InChI=1S/C13H16N4O2/c1-17-7-10(15-8-17)13(16-14)9-2-3-11-12(6-9)19-5-4-18-11/h2-3,6-8,13,16H,4-5,14H2,1H3. The molecule has 0 bridgehead atoms. The highest BCUT2D eigenvalue weighted by molar-refractivity contribution is 5.45. The minimum Gasteiger partial charge on any atom is -0.486 e. The van der Waals surface area contributed by atoms with Gasteiger partial charge in [-0.25, -0.2) is 10.4 Å². The highest BCUT2D eigenvalue weighted by Gasteiger charge is 2.19. The molecule has 0 aliphatic carbocycles. The Hall–Kier alpha value is -2.05. The highest BCUT2D eigenvalue weighted by Crippen LogP contribution is 2.33. The number of aryl methyl sites for hydroxylation is 1. The van der Waals surface area contributed by atoms with Gasteiger partial charge in [-0.1, -0.05) is 6.07 Å². The first-order valence-electron chi connectivity index (χ1n) is 6.11. The quantitative estimate of drug-likeness (QED) is 0.629. The van der Waals surface area contributed by atoms with E-state index in [0.717, 1.165) is 22.8 Å². The average Bonchev–Trinajstić information content (AvgIpc) is 2.86. The van der Waals surface area contributed by atoms with E-state index in [0.29, 0.717) is 13.2 Å². The second-order valence-corrected chi connectivity index (χ2v) is 4.47. The minimum atomic E-state index is -0.169. The smallest absolute Gasteiger partial charge is 0.161 e. The summed E-state index contributed by atoms with van der Waals surface area (Å²) in [4.78, 5) is 4.32. The van der Waals surface area contributed by atoms with Crippen LogP contribution >= 0.6 is 0 Å². The fraction of sp³-hybridized carbons (Fsp3) is 0.308. The minimum absolute atomic E-state index is 0.169. The van der Waals surface area contributed by atoms with E-state index in [1.807, 2.05) is 36.0 Å². The van der Waals surface area contributed by atoms with Crippen molar-refractivity contribution in [3.63, 3.8) is 0 Å². The number of hydrazine groups is 1. The Morgan fingerprint density at radius 3 is 2.79 bits per heavy atom. The van der Waals surface area contributed by atoms with E-state index in [1.165, 1.54) is 0 Å². The lowest BCUT2D eigenvalue weighted by atomic mass is 10.0. The van der Waals surface area contributed by atoms with E-state index in [1.54, 1.807) is 6.33 Å². The Kier molecular flexibility index (Phi) is 3.10. The van der Waals surface area contributed by atoms with E-state index in [-0.39, 0.29) is 6.04 Å². The molecule has 3 N–H and O–H groups in total. The molecular weight excluding hydrogens is 244 g/mol. The van der Waals surface area contributed by atoms with Crippen molar-refractivity contribution in [3.8, 4) is 11.5 Å². The molecule has 2 heterocycles. The lowest BCUT2D eigenvalue weighted by Crippen LogP contribution is -2.29. The molecule has 1 unspecified atom stereocenters. The summed E-state index contributed by atoms with van der Waals surface area (Å²) in [5.41, 5.74) is 4.64. The maximum atomic E-state index is 5.65. The van der Waals surface area contributed by atoms with Gasteiger partial charge in [0.1, 0.15) is 13.2 Å². The molecule has 1 aliphatic heterocycles. The summed E-state index contributed by atoms with van der Waals surface area (Å²) in [7, 11) is 1.92. The maximum absolute atomic E-state index is 5.65. The first-order chi connectivity index (χ1) is 9.28. The number of ether oxygens (including phenoxy) is 2. The molecule has 0 spiro atoms. The molecule has 6 nitrogen and oxygen atoms in total. The predicted molar refractivity (Wildman–Crippen MR) is 69.8 cm³/mol. The molecule has 0 amide bonds. The molecule has 0 fully saturated rings. The van der Waals surface area contributed by atoms with Crippen molar-refractivity contribution < 1.29 is 9.47 Å². The van der Waals surface area contributed by atoms with Gasteiger partial charge in [-0.15, -0.1) is 0 Å². The summed E-state index contributed by atoms with van der Waals surface area (Å²) in [6.45, 7) is 1.16. The monoisotopic (exact) mass is 260 g/mol. The van der Waals surface area contributed by atoms with E-state index in [2.05, 4.69) is 10.4 Å². The first-order valence-corrected chi connectivity index (χ1v) is 6.11. The molecule has 2 aromatic rings. The third-order valence-electron chi connectivity index (χ3n) is 3.09. The van der Waals surface area contributed by atoms with Crippen molar-refractivity contribution in [1.29, 1.82) is 0 Å². The lowest BCUT2D eigenvalue weighted by Gasteiger charge is -2.21. The van der Waals surface area contributed by atoms with Crippen molar-refractivity contribution in [2.45, 2.75) is 6.04 Å². The Balaban J connectivity index is 1.95. The van der Waals surface area contributed by atoms with Crippen LogP contribution in [-0.2, 0) is 7.05 Å². The van der Waals surface area contributed by atoms with Gasteiger partial charge in [0.05, 0.1) is 18.1 Å². The molecule has 1 aromatic heterocycles. The van der Waals surface area contributed by atoms with E-state index < -0.39 is 0 Å². The molecule has 0 saturated carbocycles. The number of nitrogens with two attached hydrogens (primary N) is 1. The third kappa shape index (κ3) is 2.27. The summed E-state index contributed by atoms with van der Waals surface area (Å²) in [5.74, 6) is 7.17. The molecule has 100 valence electrons. The van der Waals surface area contributed by atoms with Gasteiger partial charge in [0.15, 0.2) is 11.5 Å². The van der Waals surface area contributed by atoms with Crippen LogP contribution in [0.2, 0.25) is 0 Å². The van der Waals surface area contributed by atoms with Crippen LogP contribution in [0.25, 0.3) is 0 Å². The summed E-state index contributed by atoms with van der Waals surface area (Å²) < 4.78 is 13.0. The number of benzene rings is 1. The summed E-state index contributed by atoms with van der Waals surface area (Å²) in [6, 6.07) is 5.63. The third-order valence-corrected chi connectivity index (χ3v) is 3.09. The number of nitrogens with zero attached hydrogens (tertiary/aromatic N) is 2. The van der Waals surface area contributed by atoms with Gasteiger partial charge < -0.3 is 14.0 Å². The number of fused-ring (bicyclic) bond motifs is 1. The van der Waals surface area contributed by atoms with Gasteiger partial charge in [-0.2, -0.15) is 0 Å². The van der Waals surface area contributed by atoms with Gasteiger partial charge in [0.25, 0.3) is 0 Å². The van der Waals surface area contributed by atoms with Crippen molar-refractivity contribution in [1.82, 2.24) is 15.0 Å². The molecule has 6 heteroatoms. The second-order valence-electron chi connectivity index (χ2n) is 4.47. The normalized spacial score (nSPS) is 15.3. The molecule has 1 aliphatic rings. The topological polar surface area (TPSA) is 74.3 Å². The molecular formula is C13H16N4O2. The largest absolute Gasteiger partial charge is 0.486 e.